The van der Waals surface area contributed by atoms with E-state index in [1.807, 2.05) is 30.3 Å². The second-order valence-corrected chi connectivity index (χ2v) is 3.57. The van der Waals surface area contributed by atoms with Crippen LogP contribution < -0.4 is 4.74 Å². The molecule has 2 heteroatoms. The standard InChI is InChI=1S/C13H20O2/c1-14-11-7-2-3-8-12-15-13-9-5-4-6-10-13/h4-6,9-10H,2-3,7-8,11-12H2,1H3. The summed E-state index contributed by atoms with van der Waals surface area (Å²) in [5.41, 5.74) is 0. The summed E-state index contributed by atoms with van der Waals surface area (Å²) in [6.45, 7) is 1.69. The van der Waals surface area contributed by atoms with Gasteiger partial charge in [0.1, 0.15) is 5.75 Å². The van der Waals surface area contributed by atoms with Crippen LogP contribution in [0.15, 0.2) is 30.3 Å². The molecule has 0 aliphatic carbocycles. The molecule has 0 saturated heterocycles. The Hall–Kier alpha value is -1.02. The third kappa shape index (κ3) is 6.13. The zero-order chi connectivity index (χ0) is 10.8. The summed E-state index contributed by atoms with van der Waals surface area (Å²) in [5, 5.41) is 0. The Morgan fingerprint density at radius 3 is 2.20 bits per heavy atom. The number of para-hydroxylation sites is 1. The number of ether oxygens (including phenoxy) is 2. The minimum Gasteiger partial charge on any atom is -0.494 e. The van der Waals surface area contributed by atoms with Gasteiger partial charge in [-0.1, -0.05) is 24.6 Å². The predicted octanol–water partition coefficient (Wildman–Crippen LogP) is 3.27. The van der Waals surface area contributed by atoms with Crippen LogP contribution in [0.25, 0.3) is 0 Å². The summed E-state index contributed by atoms with van der Waals surface area (Å²) in [5.74, 6) is 0.967. The van der Waals surface area contributed by atoms with E-state index in [9.17, 15) is 0 Å². The summed E-state index contributed by atoms with van der Waals surface area (Å²) in [4.78, 5) is 0. The van der Waals surface area contributed by atoms with Gasteiger partial charge in [0, 0.05) is 13.7 Å². The molecular weight excluding hydrogens is 188 g/mol. The molecule has 0 aliphatic rings. The molecule has 0 spiro atoms. The second kappa shape index (κ2) is 8.30. The lowest BCUT2D eigenvalue weighted by atomic mass is 10.2. The van der Waals surface area contributed by atoms with Gasteiger partial charge in [0.25, 0.3) is 0 Å². The zero-order valence-electron chi connectivity index (χ0n) is 9.45. The second-order valence-electron chi connectivity index (χ2n) is 3.57. The maximum Gasteiger partial charge on any atom is 0.119 e. The van der Waals surface area contributed by atoms with E-state index in [2.05, 4.69) is 0 Å². The molecule has 0 bridgehead atoms. The summed E-state index contributed by atoms with van der Waals surface area (Å²) >= 11 is 0. The van der Waals surface area contributed by atoms with Gasteiger partial charge in [0.15, 0.2) is 0 Å². The van der Waals surface area contributed by atoms with Crippen molar-refractivity contribution in [3.05, 3.63) is 30.3 Å². The van der Waals surface area contributed by atoms with Crippen LogP contribution in [0.4, 0.5) is 0 Å². The normalized spacial score (nSPS) is 10.2. The quantitative estimate of drug-likeness (QED) is 0.610. The molecule has 0 atom stereocenters. The summed E-state index contributed by atoms with van der Waals surface area (Å²) < 4.78 is 10.6. The molecule has 84 valence electrons. The Kier molecular flexibility index (Phi) is 6.67. The van der Waals surface area contributed by atoms with Gasteiger partial charge in [-0.15, -0.1) is 0 Å². The van der Waals surface area contributed by atoms with Gasteiger partial charge < -0.3 is 9.47 Å². The number of rotatable bonds is 8. The Morgan fingerprint density at radius 1 is 0.867 bits per heavy atom. The smallest absolute Gasteiger partial charge is 0.119 e. The molecule has 0 saturated carbocycles. The van der Waals surface area contributed by atoms with Gasteiger partial charge in [0.2, 0.25) is 0 Å². The summed E-state index contributed by atoms with van der Waals surface area (Å²) in [6, 6.07) is 9.97. The minimum atomic E-state index is 0.816. The van der Waals surface area contributed by atoms with Crippen LogP contribution in [0.2, 0.25) is 0 Å². The van der Waals surface area contributed by atoms with Crippen LogP contribution in [0.1, 0.15) is 25.7 Å². The Balaban J connectivity index is 1.93. The number of benzene rings is 1. The Labute approximate surface area is 92.2 Å². The molecule has 0 N–H and O–H groups in total. The molecule has 0 aliphatic heterocycles. The lowest BCUT2D eigenvalue weighted by Gasteiger charge is -2.05. The van der Waals surface area contributed by atoms with Gasteiger partial charge in [-0.2, -0.15) is 0 Å². The molecule has 1 rings (SSSR count). The van der Waals surface area contributed by atoms with Crippen LogP contribution in [0, 0.1) is 0 Å². The topological polar surface area (TPSA) is 18.5 Å². The molecule has 0 heterocycles. The maximum absolute atomic E-state index is 5.58. The van der Waals surface area contributed by atoms with E-state index < -0.39 is 0 Å². The lowest BCUT2D eigenvalue weighted by molar-refractivity contribution is 0.191. The van der Waals surface area contributed by atoms with Gasteiger partial charge in [0.05, 0.1) is 6.61 Å². The van der Waals surface area contributed by atoms with Crippen molar-refractivity contribution in [1.29, 1.82) is 0 Å². The van der Waals surface area contributed by atoms with Crippen molar-refractivity contribution in [2.45, 2.75) is 25.7 Å². The fourth-order valence-electron chi connectivity index (χ4n) is 1.41. The first kappa shape index (κ1) is 12.1. The van der Waals surface area contributed by atoms with E-state index >= 15 is 0 Å². The van der Waals surface area contributed by atoms with Crippen molar-refractivity contribution in [2.24, 2.45) is 0 Å². The number of hydrogen-bond acceptors (Lipinski definition) is 2. The number of methoxy groups -OCH3 is 1. The lowest BCUT2D eigenvalue weighted by Crippen LogP contribution is -1.97. The molecule has 15 heavy (non-hydrogen) atoms. The third-order valence-corrected chi connectivity index (χ3v) is 2.25. The monoisotopic (exact) mass is 208 g/mol. The van der Waals surface area contributed by atoms with Crippen molar-refractivity contribution in [3.8, 4) is 5.75 Å². The average molecular weight is 208 g/mol. The molecule has 0 radical (unpaired) electrons. The van der Waals surface area contributed by atoms with E-state index in [4.69, 9.17) is 9.47 Å². The van der Waals surface area contributed by atoms with E-state index in [-0.39, 0.29) is 0 Å². The van der Waals surface area contributed by atoms with Crippen LogP contribution in [-0.4, -0.2) is 20.3 Å². The van der Waals surface area contributed by atoms with Crippen molar-refractivity contribution in [1.82, 2.24) is 0 Å². The molecule has 1 aromatic rings. The van der Waals surface area contributed by atoms with Crippen molar-refractivity contribution < 1.29 is 9.47 Å². The largest absolute Gasteiger partial charge is 0.494 e. The highest BCUT2D eigenvalue weighted by molar-refractivity contribution is 5.20. The van der Waals surface area contributed by atoms with Crippen molar-refractivity contribution >= 4 is 0 Å². The highest BCUT2D eigenvalue weighted by Crippen LogP contribution is 2.09. The molecule has 0 amide bonds. The molecule has 2 nitrogen and oxygen atoms in total. The molecule has 0 aromatic heterocycles. The van der Waals surface area contributed by atoms with Crippen LogP contribution in [0.5, 0.6) is 5.75 Å². The molecule has 1 aromatic carbocycles. The maximum atomic E-state index is 5.58. The van der Waals surface area contributed by atoms with Crippen molar-refractivity contribution in [3.63, 3.8) is 0 Å². The van der Waals surface area contributed by atoms with Crippen molar-refractivity contribution in [2.75, 3.05) is 20.3 Å². The minimum absolute atomic E-state index is 0.816. The van der Waals surface area contributed by atoms with Gasteiger partial charge >= 0.3 is 0 Å². The Morgan fingerprint density at radius 2 is 1.53 bits per heavy atom. The first-order chi connectivity index (χ1) is 7.43. The summed E-state index contributed by atoms with van der Waals surface area (Å²) in [6.07, 6.45) is 4.72. The van der Waals surface area contributed by atoms with Gasteiger partial charge in [-0.05, 0) is 31.4 Å². The van der Waals surface area contributed by atoms with Crippen LogP contribution >= 0.6 is 0 Å². The third-order valence-electron chi connectivity index (χ3n) is 2.25. The Bertz CT molecular complexity index is 234. The highest BCUT2D eigenvalue weighted by Gasteiger charge is 1.92. The van der Waals surface area contributed by atoms with Gasteiger partial charge in [-0.25, -0.2) is 0 Å². The first-order valence-electron chi connectivity index (χ1n) is 5.60. The fourth-order valence-corrected chi connectivity index (χ4v) is 1.41. The predicted molar refractivity (Wildman–Crippen MR) is 62.3 cm³/mol. The molecular formula is C13H20O2. The fraction of sp³-hybridized carbons (Fsp3) is 0.538. The summed E-state index contributed by atoms with van der Waals surface area (Å²) in [7, 11) is 1.75. The van der Waals surface area contributed by atoms with E-state index in [0.717, 1.165) is 31.8 Å². The zero-order valence-corrected chi connectivity index (χ0v) is 9.45. The number of unbranched alkanes of at least 4 members (excludes halogenated alkanes) is 3. The van der Waals surface area contributed by atoms with Crippen LogP contribution in [0.3, 0.4) is 0 Å². The van der Waals surface area contributed by atoms with E-state index in [1.165, 1.54) is 12.8 Å². The molecule has 0 fully saturated rings. The molecule has 0 unspecified atom stereocenters. The number of hydrogen-bond donors (Lipinski definition) is 0. The average Bonchev–Trinajstić information content (AvgIpc) is 2.29. The first-order valence-corrected chi connectivity index (χ1v) is 5.60. The van der Waals surface area contributed by atoms with E-state index in [1.54, 1.807) is 7.11 Å². The van der Waals surface area contributed by atoms with Gasteiger partial charge in [-0.3, -0.25) is 0 Å². The highest BCUT2D eigenvalue weighted by atomic mass is 16.5. The van der Waals surface area contributed by atoms with E-state index in [0.29, 0.717) is 0 Å². The SMILES string of the molecule is COCCCCCCOc1ccccc1. The van der Waals surface area contributed by atoms with Crippen LogP contribution in [-0.2, 0) is 4.74 Å².